The minimum absolute atomic E-state index is 0.0348. The molecular weight excluding hydrogens is 328 g/mol. The molecule has 0 aliphatic heterocycles. The fourth-order valence-corrected chi connectivity index (χ4v) is 2.64. The highest BCUT2D eigenvalue weighted by Crippen LogP contribution is 2.19. The number of ether oxygens (including phenoxy) is 1. The molecule has 2 aromatic carbocycles. The number of nitrogens with one attached hydrogen (secondary N) is 1. The molecule has 0 fully saturated rings. The zero-order chi connectivity index (χ0) is 18.2. The number of nitrogens with zero attached hydrogens (tertiary/aromatic N) is 1. The van der Waals surface area contributed by atoms with Gasteiger partial charge in [-0.15, -0.1) is 0 Å². The van der Waals surface area contributed by atoms with Gasteiger partial charge in [0.05, 0.1) is 12.8 Å². The maximum atomic E-state index is 12.0. The van der Waals surface area contributed by atoms with Crippen molar-refractivity contribution in [3.8, 4) is 17.1 Å². The van der Waals surface area contributed by atoms with Crippen LogP contribution in [0.2, 0.25) is 0 Å². The quantitative estimate of drug-likeness (QED) is 0.674. The van der Waals surface area contributed by atoms with Crippen LogP contribution in [0.5, 0.6) is 5.75 Å². The molecular formula is C21H22N2O3. The monoisotopic (exact) mass is 350 g/mol. The first kappa shape index (κ1) is 17.7. The Kier molecular flexibility index (Phi) is 6.04. The number of amides is 1. The summed E-state index contributed by atoms with van der Waals surface area (Å²) in [7, 11) is 1.64. The number of carbonyl (C=O) groups is 1. The Hall–Kier alpha value is -3.08. The molecule has 1 N–H and O–H groups in total. The molecule has 1 aromatic heterocycles. The predicted molar refractivity (Wildman–Crippen MR) is 100.0 cm³/mol. The number of hydrogen-bond acceptors (Lipinski definition) is 4. The summed E-state index contributed by atoms with van der Waals surface area (Å²) in [5.74, 6) is 1.60. The van der Waals surface area contributed by atoms with Gasteiger partial charge in [0, 0.05) is 31.0 Å². The lowest BCUT2D eigenvalue weighted by molar-refractivity contribution is -0.121. The molecule has 26 heavy (non-hydrogen) atoms. The number of aromatic nitrogens is 1. The molecule has 1 heterocycles. The standard InChI is InChI=1S/C21H22N2O3/c1-25-19-10-7-16(8-11-19)9-12-21(24)22-14-13-18-15-20(26-23-18)17-5-3-2-4-6-17/h2-8,10-11,15H,9,12-14H2,1H3,(H,22,24). The number of rotatable bonds is 8. The Morgan fingerprint density at radius 2 is 1.85 bits per heavy atom. The summed E-state index contributed by atoms with van der Waals surface area (Å²) in [6.07, 6.45) is 1.81. The van der Waals surface area contributed by atoms with Gasteiger partial charge in [-0.3, -0.25) is 4.79 Å². The minimum atomic E-state index is 0.0348. The maximum absolute atomic E-state index is 12.0. The minimum Gasteiger partial charge on any atom is -0.497 e. The summed E-state index contributed by atoms with van der Waals surface area (Å²) in [6.45, 7) is 0.544. The third-order valence-electron chi connectivity index (χ3n) is 4.12. The lowest BCUT2D eigenvalue weighted by Gasteiger charge is -2.05. The Balaban J connectivity index is 1.40. The first-order chi connectivity index (χ1) is 12.7. The number of benzene rings is 2. The van der Waals surface area contributed by atoms with Gasteiger partial charge in [0.1, 0.15) is 5.75 Å². The molecule has 0 bridgehead atoms. The van der Waals surface area contributed by atoms with Gasteiger partial charge in [-0.1, -0.05) is 47.6 Å². The first-order valence-electron chi connectivity index (χ1n) is 8.65. The third kappa shape index (κ3) is 4.96. The molecule has 0 atom stereocenters. The number of carbonyl (C=O) groups excluding carboxylic acids is 1. The van der Waals surface area contributed by atoms with Gasteiger partial charge < -0.3 is 14.6 Å². The Labute approximate surface area is 153 Å². The Bertz CT molecular complexity index is 826. The number of hydrogen-bond donors (Lipinski definition) is 1. The Morgan fingerprint density at radius 3 is 2.58 bits per heavy atom. The summed E-state index contributed by atoms with van der Waals surface area (Å²) in [6, 6.07) is 19.5. The molecule has 0 aliphatic rings. The predicted octanol–water partition coefficient (Wildman–Crippen LogP) is 3.64. The summed E-state index contributed by atoms with van der Waals surface area (Å²) in [4.78, 5) is 12.0. The fourth-order valence-electron chi connectivity index (χ4n) is 2.64. The van der Waals surface area contributed by atoms with Gasteiger partial charge >= 0.3 is 0 Å². The summed E-state index contributed by atoms with van der Waals surface area (Å²) < 4.78 is 10.5. The van der Waals surface area contributed by atoms with Crippen molar-refractivity contribution in [2.24, 2.45) is 0 Å². The molecule has 3 rings (SSSR count). The van der Waals surface area contributed by atoms with Crippen molar-refractivity contribution < 1.29 is 14.1 Å². The molecule has 3 aromatic rings. The van der Waals surface area contributed by atoms with Gasteiger partial charge in [0.2, 0.25) is 5.91 Å². The van der Waals surface area contributed by atoms with E-state index in [1.165, 1.54) is 0 Å². The number of aryl methyl sites for hydroxylation is 1. The van der Waals surface area contributed by atoms with E-state index in [-0.39, 0.29) is 5.91 Å². The van der Waals surface area contributed by atoms with Crippen molar-refractivity contribution in [3.05, 3.63) is 71.9 Å². The topological polar surface area (TPSA) is 64.4 Å². The largest absolute Gasteiger partial charge is 0.497 e. The molecule has 0 radical (unpaired) electrons. The van der Waals surface area contributed by atoms with E-state index in [0.717, 1.165) is 28.3 Å². The van der Waals surface area contributed by atoms with Crippen molar-refractivity contribution in [2.75, 3.05) is 13.7 Å². The average molecular weight is 350 g/mol. The van der Waals surface area contributed by atoms with Crippen LogP contribution >= 0.6 is 0 Å². The number of methoxy groups -OCH3 is 1. The molecule has 1 amide bonds. The molecule has 0 unspecified atom stereocenters. The van der Waals surface area contributed by atoms with Crippen LogP contribution in [0.15, 0.2) is 65.2 Å². The SMILES string of the molecule is COc1ccc(CCC(=O)NCCc2cc(-c3ccccc3)on2)cc1. The van der Waals surface area contributed by atoms with Crippen LogP contribution in [0.25, 0.3) is 11.3 Å². The van der Waals surface area contributed by atoms with Crippen LogP contribution in [0.4, 0.5) is 0 Å². The van der Waals surface area contributed by atoms with Crippen molar-refractivity contribution in [3.63, 3.8) is 0 Å². The Morgan fingerprint density at radius 1 is 1.08 bits per heavy atom. The molecule has 0 spiro atoms. The van der Waals surface area contributed by atoms with Gasteiger partial charge in [-0.2, -0.15) is 0 Å². The molecule has 0 saturated carbocycles. The van der Waals surface area contributed by atoms with E-state index in [9.17, 15) is 4.79 Å². The van der Waals surface area contributed by atoms with E-state index in [2.05, 4.69) is 10.5 Å². The van der Waals surface area contributed by atoms with E-state index >= 15 is 0 Å². The van der Waals surface area contributed by atoms with E-state index in [1.54, 1.807) is 7.11 Å². The highest BCUT2D eigenvalue weighted by molar-refractivity contribution is 5.76. The third-order valence-corrected chi connectivity index (χ3v) is 4.12. The second-order valence-corrected chi connectivity index (χ2v) is 6.00. The summed E-state index contributed by atoms with van der Waals surface area (Å²) in [5.41, 5.74) is 2.94. The van der Waals surface area contributed by atoms with Crippen LogP contribution in [0.1, 0.15) is 17.7 Å². The van der Waals surface area contributed by atoms with Crippen LogP contribution in [0, 0.1) is 0 Å². The second kappa shape index (κ2) is 8.85. The van der Waals surface area contributed by atoms with Gasteiger partial charge in [0.15, 0.2) is 5.76 Å². The smallest absolute Gasteiger partial charge is 0.220 e. The van der Waals surface area contributed by atoms with Crippen molar-refractivity contribution in [1.82, 2.24) is 10.5 Å². The molecule has 134 valence electrons. The van der Waals surface area contributed by atoms with Crippen molar-refractivity contribution in [2.45, 2.75) is 19.3 Å². The lowest BCUT2D eigenvalue weighted by Crippen LogP contribution is -2.25. The average Bonchev–Trinajstić information content (AvgIpc) is 3.16. The van der Waals surface area contributed by atoms with E-state index in [0.29, 0.717) is 25.8 Å². The highest BCUT2D eigenvalue weighted by atomic mass is 16.5. The zero-order valence-electron chi connectivity index (χ0n) is 14.8. The molecule has 5 heteroatoms. The highest BCUT2D eigenvalue weighted by Gasteiger charge is 2.07. The zero-order valence-corrected chi connectivity index (χ0v) is 14.8. The van der Waals surface area contributed by atoms with Gasteiger partial charge in [0.25, 0.3) is 0 Å². The van der Waals surface area contributed by atoms with Crippen LogP contribution < -0.4 is 10.1 Å². The van der Waals surface area contributed by atoms with Crippen LogP contribution in [0.3, 0.4) is 0 Å². The first-order valence-corrected chi connectivity index (χ1v) is 8.65. The van der Waals surface area contributed by atoms with Crippen molar-refractivity contribution >= 4 is 5.91 Å². The second-order valence-electron chi connectivity index (χ2n) is 6.00. The van der Waals surface area contributed by atoms with Gasteiger partial charge in [-0.25, -0.2) is 0 Å². The van der Waals surface area contributed by atoms with E-state index < -0.39 is 0 Å². The maximum Gasteiger partial charge on any atom is 0.220 e. The molecule has 5 nitrogen and oxygen atoms in total. The van der Waals surface area contributed by atoms with Crippen molar-refractivity contribution in [1.29, 1.82) is 0 Å². The molecule has 0 aliphatic carbocycles. The van der Waals surface area contributed by atoms with Crippen LogP contribution in [-0.4, -0.2) is 24.7 Å². The van der Waals surface area contributed by atoms with Crippen LogP contribution in [-0.2, 0) is 17.6 Å². The summed E-state index contributed by atoms with van der Waals surface area (Å²) >= 11 is 0. The normalized spacial score (nSPS) is 10.5. The lowest BCUT2D eigenvalue weighted by atomic mass is 10.1. The fraction of sp³-hybridized carbons (Fsp3) is 0.238. The molecule has 0 saturated heterocycles. The van der Waals surface area contributed by atoms with E-state index in [4.69, 9.17) is 9.26 Å². The van der Waals surface area contributed by atoms with Gasteiger partial charge in [-0.05, 0) is 24.1 Å². The van der Waals surface area contributed by atoms with E-state index in [1.807, 2.05) is 60.7 Å². The summed E-state index contributed by atoms with van der Waals surface area (Å²) in [5, 5.41) is 6.99.